The van der Waals surface area contributed by atoms with Gasteiger partial charge < -0.3 is 30.2 Å². The van der Waals surface area contributed by atoms with Gasteiger partial charge in [-0.25, -0.2) is 0 Å². The van der Waals surface area contributed by atoms with Crippen LogP contribution in [0.4, 0.5) is 17.1 Å². The van der Waals surface area contributed by atoms with Crippen LogP contribution in [0.1, 0.15) is 48.9 Å². The van der Waals surface area contributed by atoms with Crippen molar-refractivity contribution in [3.63, 3.8) is 0 Å². The van der Waals surface area contributed by atoms with Gasteiger partial charge in [-0.3, -0.25) is 19.2 Å². The number of para-hydroxylation sites is 1. The molecular formula is C39H47N7O5Si. The number of hydrogen-bond donors (Lipinski definition) is 4. The maximum Gasteiger partial charge on any atom is 0.261 e. The number of hydrogen-bond acceptors (Lipinski definition) is 9. The number of amides is 2. The molecule has 0 bridgehead atoms. The predicted molar refractivity (Wildman–Crippen MR) is 200 cm³/mol. The summed E-state index contributed by atoms with van der Waals surface area (Å²) in [5.74, 6) is -0.817. The number of carbonyl (C=O) groups excluding carboxylic acids is 2. The number of aliphatic hydroxyl groups is 1. The van der Waals surface area contributed by atoms with E-state index in [9.17, 15) is 19.5 Å². The van der Waals surface area contributed by atoms with Crippen molar-refractivity contribution < 1.29 is 24.2 Å². The molecule has 5 atom stereocenters. The van der Waals surface area contributed by atoms with E-state index in [1.54, 1.807) is 4.68 Å². The van der Waals surface area contributed by atoms with E-state index < -0.39 is 25.6 Å². The van der Waals surface area contributed by atoms with Gasteiger partial charge in [-0.1, -0.05) is 60.7 Å². The number of aliphatic hydroxyl groups excluding tert-OH is 1. The van der Waals surface area contributed by atoms with Gasteiger partial charge in [0, 0.05) is 46.8 Å². The number of ether oxygens (including phenoxy) is 1. The van der Waals surface area contributed by atoms with Crippen molar-refractivity contribution in [3.8, 4) is 0 Å². The zero-order chi connectivity index (χ0) is 36.3. The third-order valence-corrected chi connectivity index (χ3v) is 14.4. The van der Waals surface area contributed by atoms with Crippen LogP contribution in [0.15, 0.2) is 85.1 Å². The van der Waals surface area contributed by atoms with E-state index >= 15 is 0 Å². The first kappa shape index (κ1) is 34.7. The molecule has 5 heterocycles. The number of anilines is 3. The second kappa shape index (κ2) is 13.2. The Labute approximate surface area is 304 Å². The second-order valence-corrected chi connectivity index (χ2v) is 19.3. The molecule has 0 aliphatic carbocycles. The van der Waals surface area contributed by atoms with Crippen LogP contribution < -0.4 is 20.4 Å². The molecular weight excluding hydrogens is 675 g/mol. The number of fused-ring (bicyclic) bond motifs is 2. The molecule has 1 unspecified atom stereocenters. The predicted octanol–water partition coefficient (Wildman–Crippen LogP) is 4.18. The van der Waals surface area contributed by atoms with Crippen LogP contribution in [0.25, 0.3) is 0 Å². The summed E-state index contributed by atoms with van der Waals surface area (Å²) in [4.78, 5) is 44.4. The van der Waals surface area contributed by atoms with Crippen LogP contribution in [0, 0.1) is 5.92 Å². The molecule has 1 aromatic heterocycles. The average molecular weight is 722 g/mol. The van der Waals surface area contributed by atoms with Crippen LogP contribution in [0.3, 0.4) is 0 Å². The molecule has 4 aromatic rings. The fourth-order valence-electron chi connectivity index (χ4n) is 9.39. The molecule has 3 fully saturated rings. The summed E-state index contributed by atoms with van der Waals surface area (Å²) in [6.07, 6.45) is 3.32. The molecule has 4 aliphatic heterocycles. The Morgan fingerprint density at radius 1 is 1.00 bits per heavy atom. The highest BCUT2D eigenvalue weighted by Gasteiger charge is 2.65. The Balaban J connectivity index is 1.09. The molecule has 52 heavy (non-hydrogen) atoms. The van der Waals surface area contributed by atoms with E-state index in [-0.39, 0.29) is 35.8 Å². The summed E-state index contributed by atoms with van der Waals surface area (Å²) in [6, 6.07) is 25.6. The van der Waals surface area contributed by atoms with E-state index in [0.29, 0.717) is 49.4 Å². The largest absolute Gasteiger partial charge is 0.432 e. The first-order valence-corrected chi connectivity index (χ1v) is 21.4. The van der Waals surface area contributed by atoms with Crippen LogP contribution in [0.5, 0.6) is 0 Å². The summed E-state index contributed by atoms with van der Waals surface area (Å²) < 4.78 is 8.70. The van der Waals surface area contributed by atoms with Crippen molar-refractivity contribution in [2.75, 3.05) is 41.5 Å². The van der Waals surface area contributed by atoms with Crippen LogP contribution in [0.2, 0.25) is 18.6 Å². The Bertz CT molecular complexity index is 1950. The molecule has 272 valence electrons. The number of nitrogens with zero attached hydrogens (tertiary/aromatic N) is 5. The molecule has 3 saturated heterocycles. The SMILES string of the molecule is C[C@@H]1[C@@H]([Si](C)(C)O)[C@H](CCn2cc(C(CO)c3ccccc3)nn2)O[C@@]12C(=O)Nc1ccc(N3CN(c4ccccc4)C4(CCNCC4)C3=O)cc12. The maximum absolute atomic E-state index is 14.5. The number of nitrogens with one attached hydrogen (secondary N) is 2. The molecule has 2 spiro atoms. The van der Waals surface area contributed by atoms with Gasteiger partial charge in [-0.15, -0.1) is 5.10 Å². The molecule has 0 saturated carbocycles. The van der Waals surface area contributed by atoms with Crippen molar-refractivity contribution in [2.45, 2.75) is 74.5 Å². The molecule has 4 aliphatic rings. The van der Waals surface area contributed by atoms with E-state index in [2.05, 4.69) is 38.0 Å². The molecule has 13 heteroatoms. The number of piperidine rings is 1. The summed E-state index contributed by atoms with van der Waals surface area (Å²) >= 11 is 0. The van der Waals surface area contributed by atoms with Gasteiger partial charge in [0.2, 0.25) is 0 Å². The molecule has 4 N–H and O–H groups in total. The summed E-state index contributed by atoms with van der Waals surface area (Å²) in [7, 11) is -2.88. The number of aryl methyl sites for hydroxylation is 1. The van der Waals surface area contributed by atoms with Crippen molar-refractivity contribution in [1.82, 2.24) is 20.3 Å². The highest BCUT2D eigenvalue weighted by atomic mass is 28.4. The van der Waals surface area contributed by atoms with E-state index in [0.717, 1.165) is 30.0 Å². The zero-order valence-electron chi connectivity index (χ0n) is 29.9. The molecule has 3 aromatic carbocycles. The Hall–Kier alpha value is -4.40. The van der Waals surface area contributed by atoms with Gasteiger partial charge in [0.15, 0.2) is 13.9 Å². The van der Waals surface area contributed by atoms with Crippen molar-refractivity contribution in [1.29, 1.82) is 0 Å². The third-order valence-electron chi connectivity index (χ3n) is 11.9. The van der Waals surface area contributed by atoms with Crippen LogP contribution in [-0.4, -0.2) is 83.0 Å². The average Bonchev–Trinajstić information content (AvgIpc) is 3.88. The minimum atomic E-state index is -2.88. The minimum absolute atomic E-state index is 0.0621. The van der Waals surface area contributed by atoms with E-state index in [1.165, 1.54) is 0 Å². The molecule has 0 radical (unpaired) electrons. The van der Waals surface area contributed by atoms with Crippen molar-refractivity contribution in [3.05, 3.63) is 102 Å². The Morgan fingerprint density at radius 2 is 1.71 bits per heavy atom. The van der Waals surface area contributed by atoms with Crippen LogP contribution >= 0.6 is 0 Å². The lowest BCUT2D eigenvalue weighted by atomic mass is 9.82. The number of carbonyl (C=O) groups is 2. The normalized spacial score (nSPS) is 26.0. The van der Waals surface area contributed by atoms with Gasteiger partial charge in [0.05, 0.1) is 31.0 Å². The van der Waals surface area contributed by atoms with Crippen molar-refractivity contribution in [2.24, 2.45) is 5.92 Å². The van der Waals surface area contributed by atoms with Crippen LogP contribution in [-0.2, 0) is 26.5 Å². The van der Waals surface area contributed by atoms with Gasteiger partial charge in [-0.2, -0.15) is 0 Å². The Morgan fingerprint density at radius 3 is 2.40 bits per heavy atom. The molecule has 2 amide bonds. The number of benzene rings is 3. The molecule has 12 nitrogen and oxygen atoms in total. The summed E-state index contributed by atoms with van der Waals surface area (Å²) in [5.41, 5.74) is 2.48. The minimum Gasteiger partial charge on any atom is -0.432 e. The zero-order valence-corrected chi connectivity index (χ0v) is 30.9. The van der Waals surface area contributed by atoms with Crippen molar-refractivity contribution >= 4 is 37.2 Å². The first-order chi connectivity index (χ1) is 25.1. The lowest BCUT2D eigenvalue weighted by Gasteiger charge is -2.39. The van der Waals surface area contributed by atoms with E-state index in [4.69, 9.17) is 4.74 Å². The number of aromatic nitrogens is 3. The van der Waals surface area contributed by atoms with Gasteiger partial charge in [0.1, 0.15) is 5.54 Å². The quantitative estimate of drug-likeness (QED) is 0.187. The van der Waals surface area contributed by atoms with Gasteiger partial charge >= 0.3 is 0 Å². The standard InChI is InChI=1S/C39H47N7O5Si/c1-26-35(52(2,3)50)34(16-21-44-23-33(42-43-44)30(24-47)27-10-6-4-7-11-27)51-39(26)31-22-29(14-15-32(31)41-36(39)48)45-25-46(28-12-8-5-9-13-28)38(37(45)49)17-19-40-20-18-38/h4-15,22-23,26,30,34-35,40,47,50H,16-21,24-25H2,1-3H3,(H,41,48)/t26-,30?,34+,35-,39+/m1/s1. The highest BCUT2D eigenvalue weighted by Crippen LogP contribution is 2.59. The fourth-order valence-corrected chi connectivity index (χ4v) is 12.0. The smallest absolute Gasteiger partial charge is 0.261 e. The molecule has 8 rings (SSSR count). The van der Waals surface area contributed by atoms with Gasteiger partial charge in [0.25, 0.3) is 11.8 Å². The van der Waals surface area contributed by atoms with Gasteiger partial charge in [-0.05, 0) is 81.3 Å². The maximum atomic E-state index is 14.5. The summed E-state index contributed by atoms with van der Waals surface area (Å²) in [5, 5.41) is 25.4. The third kappa shape index (κ3) is 5.57. The second-order valence-electron chi connectivity index (χ2n) is 15.3. The Kier molecular flexibility index (Phi) is 8.82. The topological polar surface area (TPSA) is 145 Å². The van der Waals surface area contributed by atoms with E-state index in [1.807, 2.05) is 97.8 Å². The first-order valence-electron chi connectivity index (χ1n) is 18.3. The summed E-state index contributed by atoms with van der Waals surface area (Å²) in [6.45, 7) is 8.11. The monoisotopic (exact) mass is 721 g/mol. The number of rotatable bonds is 9. The fraction of sp³-hybridized carbons (Fsp3) is 0.436. The highest BCUT2D eigenvalue weighted by molar-refractivity contribution is 6.71. The lowest BCUT2D eigenvalue weighted by molar-refractivity contribution is -0.143. The lowest BCUT2D eigenvalue weighted by Crippen LogP contribution is -2.55.